The van der Waals surface area contributed by atoms with Gasteiger partial charge in [-0.25, -0.2) is 13.2 Å². The van der Waals surface area contributed by atoms with Crippen LogP contribution in [0.4, 0.5) is 4.79 Å². The molecule has 2 aliphatic rings. The fourth-order valence-corrected chi connectivity index (χ4v) is 6.12. The molecule has 2 heterocycles. The Labute approximate surface area is 192 Å². The third-order valence-electron chi connectivity index (χ3n) is 5.70. The lowest BCUT2D eigenvalue weighted by atomic mass is 9.96. The molecule has 3 rings (SSSR count). The second-order valence-corrected chi connectivity index (χ2v) is 10.5. The van der Waals surface area contributed by atoms with Crippen LogP contribution in [0.3, 0.4) is 0 Å². The van der Waals surface area contributed by atoms with Crippen molar-refractivity contribution in [1.82, 2.24) is 14.5 Å². The van der Waals surface area contributed by atoms with Crippen molar-refractivity contribution in [2.24, 2.45) is 5.92 Å². The minimum atomic E-state index is -3.77. The zero-order chi connectivity index (χ0) is 22.6. The number of amides is 2. The van der Waals surface area contributed by atoms with Gasteiger partial charge >= 0.3 is 6.09 Å². The number of piperidine rings is 2. The number of nitrogens with one attached hydrogen (secondary N) is 1. The maximum absolute atomic E-state index is 12.9. The summed E-state index contributed by atoms with van der Waals surface area (Å²) in [5.41, 5.74) is 0. The average Bonchev–Trinajstić information content (AvgIpc) is 2.76. The normalized spacial score (nSPS) is 19.3. The Morgan fingerprint density at radius 1 is 1.10 bits per heavy atom. The molecule has 2 amide bonds. The van der Waals surface area contributed by atoms with E-state index in [1.54, 1.807) is 11.8 Å². The van der Waals surface area contributed by atoms with Crippen LogP contribution in [0.25, 0.3) is 0 Å². The largest absolute Gasteiger partial charge is 0.450 e. The van der Waals surface area contributed by atoms with Crippen LogP contribution in [0.2, 0.25) is 10.0 Å². The van der Waals surface area contributed by atoms with Gasteiger partial charge in [-0.1, -0.05) is 23.2 Å². The van der Waals surface area contributed by atoms with Crippen LogP contribution >= 0.6 is 23.2 Å². The molecule has 2 aliphatic heterocycles. The molecule has 0 bridgehead atoms. The highest BCUT2D eigenvalue weighted by Crippen LogP contribution is 2.30. The lowest BCUT2D eigenvalue weighted by molar-refractivity contribution is -0.127. The van der Waals surface area contributed by atoms with E-state index in [9.17, 15) is 18.0 Å². The highest BCUT2D eigenvalue weighted by molar-refractivity contribution is 7.89. The number of nitrogens with zero attached hydrogens (tertiary/aromatic N) is 2. The molecular formula is C20H27Cl2N3O5S. The van der Waals surface area contributed by atoms with E-state index in [0.717, 1.165) is 0 Å². The molecule has 2 saturated heterocycles. The molecule has 0 unspecified atom stereocenters. The summed E-state index contributed by atoms with van der Waals surface area (Å²) in [6.07, 6.45) is 1.90. The minimum absolute atomic E-state index is 0.00482. The van der Waals surface area contributed by atoms with Crippen LogP contribution in [-0.4, -0.2) is 68.5 Å². The average molecular weight is 492 g/mol. The van der Waals surface area contributed by atoms with E-state index in [2.05, 4.69) is 5.32 Å². The fourth-order valence-electron chi connectivity index (χ4n) is 3.91. The Morgan fingerprint density at radius 2 is 1.74 bits per heavy atom. The van der Waals surface area contributed by atoms with Gasteiger partial charge in [0.05, 0.1) is 11.6 Å². The van der Waals surface area contributed by atoms with Gasteiger partial charge in [-0.15, -0.1) is 0 Å². The summed E-state index contributed by atoms with van der Waals surface area (Å²) in [6, 6.07) is 4.35. The SMILES string of the molecule is CCOC(=O)N1CCC(NC(=O)C2CCN(S(=O)(=O)c3cc(Cl)ccc3Cl)CC2)CC1. The zero-order valence-corrected chi connectivity index (χ0v) is 19.7. The maximum Gasteiger partial charge on any atom is 0.409 e. The van der Waals surface area contributed by atoms with E-state index in [4.69, 9.17) is 27.9 Å². The van der Waals surface area contributed by atoms with Gasteiger partial charge < -0.3 is 15.0 Å². The number of hydrogen-bond acceptors (Lipinski definition) is 5. The number of benzene rings is 1. The summed E-state index contributed by atoms with van der Waals surface area (Å²) >= 11 is 12.0. The van der Waals surface area contributed by atoms with Crippen LogP contribution in [0, 0.1) is 5.92 Å². The molecular weight excluding hydrogens is 465 g/mol. The smallest absolute Gasteiger partial charge is 0.409 e. The first-order valence-electron chi connectivity index (χ1n) is 10.4. The van der Waals surface area contributed by atoms with Crippen molar-refractivity contribution < 1.29 is 22.7 Å². The number of likely N-dealkylation sites (tertiary alicyclic amines) is 1. The van der Waals surface area contributed by atoms with Crippen LogP contribution < -0.4 is 5.32 Å². The van der Waals surface area contributed by atoms with E-state index in [1.807, 2.05) is 0 Å². The van der Waals surface area contributed by atoms with Crippen LogP contribution in [0.1, 0.15) is 32.6 Å². The van der Waals surface area contributed by atoms with E-state index < -0.39 is 10.0 Å². The lowest BCUT2D eigenvalue weighted by Gasteiger charge is -2.34. The molecule has 0 spiro atoms. The van der Waals surface area contributed by atoms with Gasteiger partial charge in [0.25, 0.3) is 0 Å². The summed E-state index contributed by atoms with van der Waals surface area (Å²) in [5, 5.41) is 3.48. The Bertz CT molecular complexity index is 911. The van der Waals surface area contributed by atoms with Crippen molar-refractivity contribution in [3.05, 3.63) is 28.2 Å². The van der Waals surface area contributed by atoms with Crippen molar-refractivity contribution in [2.45, 2.75) is 43.5 Å². The Kier molecular flexibility index (Phi) is 8.07. The number of carbonyl (C=O) groups excluding carboxylic acids is 2. The minimum Gasteiger partial charge on any atom is -0.450 e. The van der Waals surface area contributed by atoms with E-state index in [1.165, 1.54) is 22.5 Å². The third-order valence-corrected chi connectivity index (χ3v) is 8.32. The highest BCUT2D eigenvalue weighted by atomic mass is 35.5. The van der Waals surface area contributed by atoms with E-state index >= 15 is 0 Å². The quantitative estimate of drug-likeness (QED) is 0.682. The highest BCUT2D eigenvalue weighted by Gasteiger charge is 2.34. The van der Waals surface area contributed by atoms with Gasteiger partial charge in [0.1, 0.15) is 4.90 Å². The van der Waals surface area contributed by atoms with Gasteiger partial charge in [-0.05, 0) is 50.8 Å². The molecule has 0 saturated carbocycles. The number of carbonyl (C=O) groups is 2. The molecule has 1 N–H and O–H groups in total. The third kappa shape index (κ3) is 5.83. The molecule has 1 aromatic rings. The number of sulfonamides is 1. The maximum atomic E-state index is 12.9. The first kappa shape index (κ1) is 24.1. The topological polar surface area (TPSA) is 96.0 Å². The number of ether oxygens (including phenoxy) is 1. The van der Waals surface area contributed by atoms with Crippen molar-refractivity contribution in [1.29, 1.82) is 0 Å². The second kappa shape index (κ2) is 10.4. The fraction of sp³-hybridized carbons (Fsp3) is 0.600. The molecule has 0 atom stereocenters. The number of hydrogen-bond donors (Lipinski definition) is 1. The number of halogens is 2. The summed E-state index contributed by atoms with van der Waals surface area (Å²) in [7, 11) is -3.77. The van der Waals surface area contributed by atoms with E-state index in [-0.39, 0.29) is 47.0 Å². The summed E-state index contributed by atoms with van der Waals surface area (Å²) < 4.78 is 32.2. The summed E-state index contributed by atoms with van der Waals surface area (Å²) in [6.45, 7) is 3.68. The van der Waals surface area contributed by atoms with Crippen molar-refractivity contribution in [3.8, 4) is 0 Å². The van der Waals surface area contributed by atoms with Crippen LogP contribution in [0.15, 0.2) is 23.1 Å². The molecule has 172 valence electrons. The predicted molar refractivity (Wildman–Crippen MR) is 118 cm³/mol. The van der Waals surface area contributed by atoms with Crippen molar-refractivity contribution in [3.63, 3.8) is 0 Å². The van der Waals surface area contributed by atoms with Gasteiger partial charge in [0, 0.05) is 43.2 Å². The molecule has 11 heteroatoms. The molecule has 31 heavy (non-hydrogen) atoms. The summed E-state index contributed by atoms with van der Waals surface area (Å²) in [4.78, 5) is 26.1. The van der Waals surface area contributed by atoms with Gasteiger partial charge in [0.15, 0.2) is 0 Å². The molecule has 1 aromatic carbocycles. The molecule has 0 radical (unpaired) electrons. The Hall–Kier alpha value is -1.55. The van der Waals surface area contributed by atoms with Gasteiger partial charge in [-0.3, -0.25) is 4.79 Å². The number of rotatable bonds is 5. The van der Waals surface area contributed by atoms with Crippen LogP contribution in [0.5, 0.6) is 0 Å². The van der Waals surface area contributed by atoms with Crippen molar-refractivity contribution in [2.75, 3.05) is 32.8 Å². The van der Waals surface area contributed by atoms with Crippen molar-refractivity contribution >= 4 is 45.2 Å². The van der Waals surface area contributed by atoms with E-state index in [0.29, 0.717) is 50.4 Å². The molecule has 8 nitrogen and oxygen atoms in total. The first-order chi connectivity index (χ1) is 14.7. The zero-order valence-electron chi connectivity index (χ0n) is 17.4. The van der Waals surface area contributed by atoms with Gasteiger partial charge in [0.2, 0.25) is 15.9 Å². The first-order valence-corrected chi connectivity index (χ1v) is 12.6. The molecule has 0 aliphatic carbocycles. The lowest BCUT2D eigenvalue weighted by Crippen LogP contribution is -2.49. The summed E-state index contributed by atoms with van der Waals surface area (Å²) in [5.74, 6) is -0.309. The second-order valence-electron chi connectivity index (χ2n) is 7.72. The predicted octanol–water partition coefficient (Wildman–Crippen LogP) is 3.13. The van der Waals surface area contributed by atoms with Crippen LogP contribution in [-0.2, 0) is 19.6 Å². The monoisotopic (exact) mass is 491 g/mol. The molecule has 0 aromatic heterocycles. The standard InChI is InChI=1S/C20H27Cl2N3O5S/c1-2-30-20(27)24-9-7-16(8-10-24)23-19(26)14-5-11-25(12-6-14)31(28,29)18-13-15(21)3-4-17(18)22/h3-4,13-14,16H,2,5-12H2,1H3,(H,23,26). The van der Waals surface area contributed by atoms with Gasteiger partial charge in [-0.2, -0.15) is 4.31 Å². The Balaban J connectivity index is 1.50. The Morgan fingerprint density at radius 3 is 2.35 bits per heavy atom. The molecule has 2 fully saturated rings.